The third kappa shape index (κ3) is 5.19. The molecule has 0 radical (unpaired) electrons. The summed E-state index contributed by atoms with van der Waals surface area (Å²) in [6.45, 7) is 11.4. The molecule has 0 unspecified atom stereocenters. The molecule has 1 heterocycles. The van der Waals surface area contributed by atoms with Gasteiger partial charge in [0.25, 0.3) is 0 Å². The van der Waals surface area contributed by atoms with Crippen molar-refractivity contribution < 1.29 is 13.9 Å². The van der Waals surface area contributed by atoms with E-state index in [9.17, 15) is 4.79 Å². The fourth-order valence-electron chi connectivity index (χ4n) is 3.81. The molecule has 1 amide bonds. The summed E-state index contributed by atoms with van der Waals surface area (Å²) in [7, 11) is 0. The van der Waals surface area contributed by atoms with Crippen LogP contribution in [0.4, 0.5) is 0 Å². The quantitative estimate of drug-likeness (QED) is 0.306. The minimum atomic E-state index is -0.0697. The molecule has 2 aromatic carbocycles. The van der Waals surface area contributed by atoms with Crippen LogP contribution < -0.4 is 10.1 Å². The van der Waals surface area contributed by atoms with Gasteiger partial charge in [-0.05, 0) is 51.3 Å². The number of nitrogens with one attached hydrogen (secondary N) is 1. The van der Waals surface area contributed by atoms with E-state index in [4.69, 9.17) is 9.15 Å². The van der Waals surface area contributed by atoms with Crippen molar-refractivity contribution in [3.05, 3.63) is 59.4 Å². The number of amides is 1. The largest absolute Gasteiger partial charge is 0.493 e. The first-order valence-electron chi connectivity index (χ1n) is 11.2. The molecule has 164 valence electrons. The van der Waals surface area contributed by atoms with Gasteiger partial charge in [0.05, 0.1) is 12.9 Å². The van der Waals surface area contributed by atoms with Crippen molar-refractivity contribution in [1.29, 1.82) is 0 Å². The van der Waals surface area contributed by atoms with Crippen LogP contribution in [0, 0.1) is 13.8 Å². The van der Waals surface area contributed by atoms with Gasteiger partial charge in [0.15, 0.2) is 0 Å². The molecule has 0 aliphatic heterocycles. The first-order valence-corrected chi connectivity index (χ1v) is 11.2. The number of benzene rings is 2. The van der Waals surface area contributed by atoms with E-state index in [2.05, 4.69) is 49.5 Å². The van der Waals surface area contributed by atoms with Crippen molar-refractivity contribution in [3.63, 3.8) is 0 Å². The number of hydrogen-bond donors (Lipinski definition) is 1. The Hall–Kier alpha value is -3.01. The number of carbonyl (C=O) groups excluding carboxylic acids is 1. The molecule has 0 spiro atoms. The third-order valence-corrected chi connectivity index (χ3v) is 5.55. The molecule has 0 saturated heterocycles. The van der Waals surface area contributed by atoms with Crippen LogP contribution in [-0.4, -0.2) is 19.1 Å². The summed E-state index contributed by atoms with van der Waals surface area (Å²) < 4.78 is 12.0. The molecule has 1 aromatic heterocycles. The van der Waals surface area contributed by atoms with Crippen LogP contribution in [0.2, 0.25) is 0 Å². The Labute approximate surface area is 185 Å². The van der Waals surface area contributed by atoms with Gasteiger partial charge in [0, 0.05) is 34.7 Å². The molecule has 3 rings (SSSR count). The van der Waals surface area contributed by atoms with Gasteiger partial charge in [0.2, 0.25) is 5.91 Å². The molecular formula is C27H33NO3. The van der Waals surface area contributed by atoms with Crippen LogP contribution in [0.15, 0.2) is 47.1 Å². The molecule has 0 aliphatic rings. The van der Waals surface area contributed by atoms with Crippen molar-refractivity contribution in [2.45, 2.75) is 53.9 Å². The van der Waals surface area contributed by atoms with E-state index in [0.29, 0.717) is 13.2 Å². The maximum absolute atomic E-state index is 12.4. The molecule has 0 saturated carbocycles. The zero-order valence-electron chi connectivity index (χ0n) is 19.3. The van der Waals surface area contributed by atoms with E-state index in [1.807, 2.05) is 20.8 Å². The lowest BCUT2D eigenvalue weighted by Gasteiger charge is -2.15. The molecule has 3 aromatic rings. The van der Waals surface area contributed by atoms with Gasteiger partial charge in [-0.25, -0.2) is 0 Å². The van der Waals surface area contributed by atoms with Gasteiger partial charge in [-0.3, -0.25) is 4.79 Å². The normalized spacial score (nSPS) is 11.7. The van der Waals surface area contributed by atoms with Gasteiger partial charge < -0.3 is 14.5 Å². The highest BCUT2D eigenvalue weighted by Gasteiger charge is 2.19. The Morgan fingerprint density at radius 2 is 1.87 bits per heavy atom. The molecular weight excluding hydrogens is 386 g/mol. The molecule has 0 fully saturated rings. The van der Waals surface area contributed by atoms with Gasteiger partial charge >= 0.3 is 0 Å². The standard InChI is InChI=1S/C27H33NO3/c1-6-8-9-14-28-25(29)15-19(4)22-16-23-24(21-12-10-18(3)11-13-21)17-31-27(23)20(5)26(22)30-7-2/h10-13,15-17H,6-9,14H2,1-5H3,(H,28,29)/b19-15+. The van der Waals surface area contributed by atoms with Crippen LogP contribution >= 0.6 is 0 Å². The van der Waals surface area contributed by atoms with E-state index in [1.165, 1.54) is 5.56 Å². The zero-order chi connectivity index (χ0) is 22.4. The number of aryl methyl sites for hydroxylation is 2. The number of ether oxygens (including phenoxy) is 1. The van der Waals surface area contributed by atoms with Gasteiger partial charge in [0.1, 0.15) is 11.3 Å². The Bertz CT molecular complexity index is 1070. The summed E-state index contributed by atoms with van der Waals surface area (Å²) >= 11 is 0. The monoisotopic (exact) mass is 419 g/mol. The lowest BCUT2D eigenvalue weighted by molar-refractivity contribution is -0.116. The van der Waals surface area contributed by atoms with Crippen LogP contribution in [0.1, 0.15) is 56.7 Å². The number of fused-ring (bicyclic) bond motifs is 1. The molecule has 31 heavy (non-hydrogen) atoms. The van der Waals surface area contributed by atoms with E-state index in [0.717, 1.165) is 63.8 Å². The van der Waals surface area contributed by atoms with Crippen LogP contribution in [0.3, 0.4) is 0 Å². The minimum absolute atomic E-state index is 0.0697. The molecule has 4 nitrogen and oxygen atoms in total. The predicted octanol–water partition coefficient (Wildman–Crippen LogP) is 6.83. The van der Waals surface area contributed by atoms with Crippen LogP contribution in [0.25, 0.3) is 27.7 Å². The Kier molecular flexibility index (Phi) is 7.56. The molecule has 0 atom stereocenters. The number of carbonyl (C=O) groups is 1. The summed E-state index contributed by atoms with van der Waals surface area (Å²) in [6, 6.07) is 10.5. The van der Waals surface area contributed by atoms with Gasteiger partial charge in [-0.15, -0.1) is 0 Å². The number of rotatable bonds is 9. The highest BCUT2D eigenvalue weighted by molar-refractivity contribution is 6.01. The Balaban J connectivity index is 2.03. The molecule has 1 N–H and O–H groups in total. The van der Waals surface area contributed by atoms with Crippen molar-refractivity contribution >= 4 is 22.4 Å². The highest BCUT2D eigenvalue weighted by Crippen LogP contribution is 2.40. The highest BCUT2D eigenvalue weighted by atomic mass is 16.5. The van der Waals surface area contributed by atoms with E-state index in [-0.39, 0.29) is 5.91 Å². The lowest BCUT2D eigenvalue weighted by atomic mass is 9.96. The number of unbranched alkanes of at least 4 members (excludes halogenated alkanes) is 2. The maximum Gasteiger partial charge on any atom is 0.244 e. The van der Waals surface area contributed by atoms with Crippen LogP contribution in [-0.2, 0) is 4.79 Å². The summed E-state index contributed by atoms with van der Waals surface area (Å²) in [4.78, 5) is 12.4. The van der Waals surface area contributed by atoms with E-state index < -0.39 is 0 Å². The first kappa shape index (κ1) is 22.7. The summed E-state index contributed by atoms with van der Waals surface area (Å²) in [6.07, 6.45) is 6.73. The fourth-order valence-corrected chi connectivity index (χ4v) is 3.81. The van der Waals surface area contributed by atoms with Crippen LogP contribution in [0.5, 0.6) is 5.75 Å². The summed E-state index contributed by atoms with van der Waals surface area (Å²) in [5, 5.41) is 4.01. The second kappa shape index (κ2) is 10.3. The second-order valence-electron chi connectivity index (χ2n) is 8.03. The van der Waals surface area contributed by atoms with Crippen molar-refractivity contribution in [2.24, 2.45) is 0 Å². The molecule has 4 heteroatoms. The van der Waals surface area contributed by atoms with Crippen molar-refractivity contribution in [1.82, 2.24) is 5.32 Å². The number of furan rings is 1. The lowest BCUT2D eigenvalue weighted by Crippen LogP contribution is -2.22. The third-order valence-electron chi connectivity index (χ3n) is 5.55. The minimum Gasteiger partial charge on any atom is -0.493 e. The maximum atomic E-state index is 12.4. The van der Waals surface area contributed by atoms with Crippen molar-refractivity contribution in [2.75, 3.05) is 13.2 Å². The smallest absolute Gasteiger partial charge is 0.244 e. The second-order valence-corrected chi connectivity index (χ2v) is 8.03. The predicted molar refractivity (Wildman–Crippen MR) is 128 cm³/mol. The average molecular weight is 420 g/mol. The average Bonchev–Trinajstić information content (AvgIpc) is 3.18. The Morgan fingerprint density at radius 1 is 1.13 bits per heavy atom. The number of hydrogen-bond acceptors (Lipinski definition) is 3. The van der Waals surface area contributed by atoms with Gasteiger partial charge in [-0.2, -0.15) is 0 Å². The summed E-state index contributed by atoms with van der Waals surface area (Å²) in [5.41, 5.74) is 6.93. The fraction of sp³-hybridized carbons (Fsp3) is 0.370. The van der Waals surface area contributed by atoms with E-state index >= 15 is 0 Å². The SMILES string of the molecule is CCCCCNC(=O)/C=C(\C)c1cc2c(-c3ccc(C)cc3)coc2c(C)c1OCC. The summed E-state index contributed by atoms with van der Waals surface area (Å²) in [5.74, 6) is 0.701. The first-order chi connectivity index (χ1) is 15.0. The Morgan fingerprint density at radius 3 is 2.55 bits per heavy atom. The van der Waals surface area contributed by atoms with E-state index in [1.54, 1.807) is 12.3 Å². The molecule has 0 bridgehead atoms. The molecule has 0 aliphatic carbocycles. The van der Waals surface area contributed by atoms with Crippen molar-refractivity contribution in [3.8, 4) is 16.9 Å². The topological polar surface area (TPSA) is 51.5 Å². The number of allylic oxidation sites excluding steroid dienone is 1. The zero-order valence-corrected chi connectivity index (χ0v) is 19.3. The van der Waals surface area contributed by atoms with Gasteiger partial charge in [-0.1, -0.05) is 49.6 Å².